The number of nitrogens with one attached hydrogen (secondary N) is 2. The van der Waals surface area contributed by atoms with Crippen LogP contribution in [-0.2, 0) is 28.6 Å². The molecule has 2 aromatic heterocycles. The molecule has 4 atom stereocenters. The largest absolute Gasteiger partial charge is 0.391 e. The lowest BCUT2D eigenvalue weighted by Crippen LogP contribution is -2.58. The van der Waals surface area contributed by atoms with Crippen LogP contribution in [0.5, 0.6) is 0 Å². The first-order chi connectivity index (χ1) is 25.8. The van der Waals surface area contributed by atoms with Crippen LogP contribution in [-0.4, -0.2) is 126 Å². The molecule has 0 spiro atoms. The van der Waals surface area contributed by atoms with Crippen molar-refractivity contribution in [2.24, 2.45) is 5.41 Å². The molecule has 0 saturated carbocycles. The van der Waals surface area contributed by atoms with Gasteiger partial charge in [-0.05, 0) is 42.5 Å². The summed E-state index contributed by atoms with van der Waals surface area (Å²) in [6.07, 6.45) is 0.843. The Morgan fingerprint density at radius 3 is 2.24 bits per heavy atom. The first-order valence-corrected chi connectivity index (χ1v) is 19.1. The topological polar surface area (TPSA) is 173 Å². The first kappa shape index (κ1) is 42.5. The van der Waals surface area contributed by atoms with Crippen molar-refractivity contribution in [2.45, 2.75) is 71.7 Å². The lowest BCUT2D eigenvalue weighted by Gasteiger charge is -2.35. The first-order valence-electron chi connectivity index (χ1n) is 18.2. The third-order valence-electron chi connectivity index (χ3n) is 9.08. The van der Waals surface area contributed by atoms with E-state index >= 15 is 0 Å². The number of carbonyl (C=O) groups excluding carboxylic acids is 4. The van der Waals surface area contributed by atoms with E-state index in [0.29, 0.717) is 38.7 Å². The Bertz CT molecular complexity index is 1670. The molecule has 1 fully saturated rings. The lowest BCUT2D eigenvalue weighted by molar-refractivity contribution is -0.144. The van der Waals surface area contributed by atoms with Gasteiger partial charge < -0.3 is 39.8 Å². The van der Waals surface area contributed by atoms with Gasteiger partial charge in [-0.25, -0.2) is 4.98 Å². The molecule has 54 heavy (non-hydrogen) atoms. The average molecular weight is 767 g/mol. The summed E-state index contributed by atoms with van der Waals surface area (Å²) in [4.78, 5) is 65.1. The standard InChI is InChI=1S/C39H54N6O8S/c1-26(28-10-12-29(13-11-28)34-27(2)41-25-54-34)42-36(48)32-23-30(46)24-45(32)38(50)35(39(3,4)5)43-33(47)14-17-51-19-21-53-22-20-52-18-16-44(6)37(49)31-9-7-8-15-40-31/h7-13,15,25-26,30,32,35,46H,14,16-24H2,1-6H3,(H,42,48)(H,43,47)/t26-,30+,32-,35+/m0/s1. The van der Waals surface area contributed by atoms with Gasteiger partial charge in [0.05, 0.1) is 67.9 Å². The number of amides is 4. The van der Waals surface area contributed by atoms with Crippen LogP contribution in [0.25, 0.3) is 10.4 Å². The van der Waals surface area contributed by atoms with Crippen molar-refractivity contribution in [3.8, 4) is 10.4 Å². The van der Waals surface area contributed by atoms with Crippen LogP contribution in [0.4, 0.5) is 0 Å². The number of thiazole rings is 1. The van der Waals surface area contributed by atoms with Crippen LogP contribution in [0, 0.1) is 12.3 Å². The van der Waals surface area contributed by atoms with Crippen molar-refractivity contribution in [2.75, 3.05) is 59.8 Å². The zero-order chi connectivity index (χ0) is 39.3. The second-order valence-electron chi connectivity index (χ2n) is 14.4. The molecule has 4 rings (SSSR count). The van der Waals surface area contributed by atoms with E-state index in [2.05, 4.69) is 20.6 Å². The van der Waals surface area contributed by atoms with E-state index in [9.17, 15) is 24.3 Å². The van der Waals surface area contributed by atoms with Crippen molar-refractivity contribution in [1.82, 2.24) is 30.4 Å². The van der Waals surface area contributed by atoms with Crippen molar-refractivity contribution in [1.29, 1.82) is 0 Å². The van der Waals surface area contributed by atoms with Crippen LogP contribution >= 0.6 is 11.3 Å². The molecule has 294 valence electrons. The molecule has 0 unspecified atom stereocenters. The fourth-order valence-corrected chi connectivity index (χ4v) is 6.75. The summed E-state index contributed by atoms with van der Waals surface area (Å²) >= 11 is 1.57. The molecule has 3 heterocycles. The normalized spacial score (nSPS) is 16.8. The minimum absolute atomic E-state index is 0.00645. The molecule has 0 bridgehead atoms. The summed E-state index contributed by atoms with van der Waals surface area (Å²) < 4.78 is 16.6. The Kier molecular flexibility index (Phi) is 16.1. The van der Waals surface area contributed by atoms with Gasteiger partial charge in [0.25, 0.3) is 5.91 Å². The number of benzene rings is 1. The number of likely N-dealkylation sites (N-methyl/N-ethyl adjacent to an activating group) is 1. The minimum Gasteiger partial charge on any atom is -0.391 e. The SMILES string of the molecule is Cc1ncsc1-c1ccc([C@H](C)NC(=O)[C@@H]2C[C@@H](O)CN2C(=O)[C@@H](NC(=O)CCOCCOCCOCCN(C)C(=O)c2ccccn2)C(C)(C)C)cc1. The van der Waals surface area contributed by atoms with Crippen molar-refractivity contribution < 1.29 is 38.5 Å². The van der Waals surface area contributed by atoms with E-state index in [4.69, 9.17) is 14.2 Å². The fourth-order valence-electron chi connectivity index (χ4n) is 5.94. The van der Waals surface area contributed by atoms with Gasteiger partial charge in [-0.1, -0.05) is 51.1 Å². The fraction of sp³-hybridized carbons (Fsp3) is 0.538. The Morgan fingerprint density at radius 1 is 0.963 bits per heavy atom. The zero-order valence-electron chi connectivity index (χ0n) is 32.1. The van der Waals surface area contributed by atoms with Gasteiger partial charge in [0, 0.05) is 39.2 Å². The Hall–Kier alpha value is -4.28. The number of pyridine rings is 1. The molecule has 1 saturated heterocycles. The van der Waals surface area contributed by atoms with Gasteiger partial charge in [-0.2, -0.15) is 0 Å². The van der Waals surface area contributed by atoms with Gasteiger partial charge in [0.2, 0.25) is 17.7 Å². The third-order valence-corrected chi connectivity index (χ3v) is 10.1. The Labute approximate surface area is 321 Å². The van der Waals surface area contributed by atoms with E-state index < -0.39 is 29.5 Å². The number of hydrogen-bond donors (Lipinski definition) is 3. The minimum atomic E-state index is -0.929. The highest BCUT2D eigenvalue weighted by Gasteiger charge is 2.44. The maximum atomic E-state index is 13.9. The van der Waals surface area contributed by atoms with Crippen LogP contribution < -0.4 is 10.6 Å². The van der Waals surface area contributed by atoms with Crippen LogP contribution in [0.1, 0.15) is 68.3 Å². The van der Waals surface area contributed by atoms with E-state index in [1.807, 2.05) is 64.4 Å². The number of rotatable bonds is 19. The molecule has 3 aromatic rings. The number of β-amino-alcohol motifs (C(OH)–C–C–N with tert-alkyl or cyclic N) is 1. The third kappa shape index (κ3) is 12.4. The van der Waals surface area contributed by atoms with Gasteiger partial charge in [0.1, 0.15) is 17.8 Å². The lowest BCUT2D eigenvalue weighted by atomic mass is 9.85. The number of likely N-dealkylation sites (tertiary alicyclic amines) is 1. The van der Waals surface area contributed by atoms with E-state index in [1.165, 1.54) is 4.90 Å². The summed E-state index contributed by atoms with van der Waals surface area (Å²) in [5, 5.41) is 16.4. The molecule has 1 aliphatic heterocycles. The molecule has 4 amide bonds. The number of carbonyl (C=O) groups is 4. The van der Waals surface area contributed by atoms with Gasteiger partial charge >= 0.3 is 0 Å². The second-order valence-corrected chi connectivity index (χ2v) is 15.3. The highest BCUT2D eigenvalue weighted by Crippen LogP contribution is 2.29. The van der Waals surface area contributed by atoms with Crippen molar-refractivity contribution >= 4 is 35.0 Å². The number of aliphatic hydroxyl groups excluding tert-OH is 1. The average Bonchev–Trinajstić information content (AvgIpc) is 3.77. The van der Waals surface area contributed by atoms with Gasteiger partial charge in [0.15, 0.2) is 0 Å². The summed E-state index contributed by atoms with van der Waals surface area (Å²) in [5.41, 5.74) is 4.44. The zero-order valence-corrected chi connectivity index (χ0v) is 32.9. The predicted octanol–water partition coefficient (Wildman–Crippen LogP) is 3.40. The summed E-state index contributed by atoms with van der Waals surface area (Å²) in [6, 6.07) is 11.0. The maximum Gasteiger partial charge on any atom is 0.272 e. The van der Waals surface area contributed by atoms with E-state index in [-0.39, 0.29) is 56.4 Å². The van der Waals surface area contributed by atoms with E-state index in [1.54, 1.807) is 47.7 Å². The number of aromatic nitrogens is 2. The number of aliphatic hydroxyl groups is 1. The molecule has 0 radical (unpaired) electrons. The summed E-state index contributed by atoms with van der Waals surface area (Å²) in [5.74, 6) is -1.33. The van der Waals surface area contributed by atoms with E-state index in [0.717, 1.165) is 21.7 Å². The summed E-state index contributed by atoms with van der Waals surface area (Å²) in [6.45, 7) is 11.6. The summed E-state index contributed by atoms with van der Waals surface area (Å²) in [7, 11) is 1.69. The molecule has 14 nitrogen and oxygen atoms in total. The smallest absolute Gasteiger partial charge is 0.272 e. The number of hydrogen-bond acceptors (Lipinski definition) is 11. The molecule has 1 aromatic carbocycles. The van der Waals surface area contributed by atoms with Gasteiger partial charge in [-0.3, -0.25) is 24.2 Å². The Morgan fingerprint density at radius 2 is 1.63 bits per heavy atom. The molecule has 15 heteroatoms. The molecule has 1 aliphatic rings. The maximum absolute atomic E-state index is 13.9. The number of ether oxygens (including phenoxy) is 3. The number of aryl methyl sites for hydroxylation is 1. The highest BCUT2D eigenvalue weighted by atomic mass is 32.1. The van der Waals surface area contributed by atoms with Crippen molar-refractivity contribution in [3.63, 3.8) is 0 Å². The van der Waals surface area contributed by atoms with Crippen LogP contribution in [0.3, 0.4) is 0 Å². The van der Waals surface area contributed by atoms with Gasteiger partial charge in [-0.15, -0.1) is 11.3 Å². The second kappa shape index (κ2) is 20.4. The monoisotopic (exact) mass is 766 g/mol. The molecular formula is C39H54N6O8S. The quantitative estimate of drug-likeness (QED) is 0.154. The molecule has 3 N–H and O–H groups in total. The molecule has 0 aliphatic carbocycles. The van der Waals surface area contributed by atoms with Crippen molar-refractivity contribution in [3.05, 3.63) is 71.1 Å². The highest BCUT2D eigenvalue weighted by molar-refractivity contribution is 7.13. The number of nitrogens with zero attached hydrogens (tertiary/aromatic N) is 4. The van der Waals surface area contributed by atoms with Crippen LogP contribution in [0.15, 0.2) is 54.2 Å². The predicted molar refractivity (Wildman–Crippen MR) is 205 cm³/mol. The van der Waals surface area contributed by atoms with Crippen LogP contribution in [0.2, 0.25) is 0 Å². The Balaban J connectivity index is 1.15. The molecular weight excluding hydrogens is 713 g/mol.